The second-order valence-electron chi connectivity index (χ2n) is 4.50. The number of carbonyl (C=O) groups excluding carboxylic acids is 1. The smallest absolute Gasteiger partial charge is 0.234 e. The van der Waals surface area contributed by atoms with Gasteiger partial charge in [-0.3, -0.25) is 4.79 Å². The van der Waals surface area contributed by atoms with E-state index in [0.717, 1.165) is 6.42 Å². The predicted molar refractivity (Wildman–Crippen MR) is 64.9 cm³/mol. The van der Waals surface area contributed by atoms with Gasteiger partial charge in [-0.15, -0.1) is 0 Å². The Kier molecular flexibility index (Phi) is 8.38. The Morgan fingerprint density at radius 1 is 1.20 bits per heavy atom. The molecule has 0 aliphatic rings. The lowest BCUT2D eigenvalue weighted by Crippen LogP contribution is -2.40. The van der Waals surface area contributed by atoms with Crippen molar-refractivity contribution in [3.8, 4) is 0 Å². The number of amides is 1. The first kappa shape index (κ1) is 14.4. The van der Waals surface area contributed by atoms with Crippen molar-refractivity contribution in [2.24, 2.45) is 0 Å². The van der Waals surface area contributed by atoms with Crippen LogP contribution >= 0.6 is 0 Å². The van der Waals surface area contributed by atoms with Gasteiger partial charge in [-0.05, 0) is 27.2 Å². The molecule has 0 fully saturated rings. The van der Waals surface area contributed by atoms with E-state index < -0.39 is 0 Å². The number of unbranched alkanes of at least 4 members (excludes halogenated alkanes) is 2. The minimum absolute atomic E-state index is 0.0901. The van der Waals surface area contributed by atoms with Gasteiger partial charge < -0.3 is 10.6 Å². The topological polar surface area (TPSA) is 41.1 Å². The summed E-state index contributed by atoms with van der Waals surface area (Å²) in [5.41, 5.74) is 0. The van der Waals surface area contributed by atoms with Gasteiger partial charge in [0.25, 0.3) is 0 Å². The fraction of sp³-hybridized carbons (Fsp3) is 0.917. The molecule has 2 N–H and O–H groups in total. The molecule has 90 valence electrons. The summed E-state index contributed by atoms with van der Waals surface area (Å²) in [6.45, 7) is 8.73. The van der Waals surface area contributed by atoms with Gasteiger partial charge in [-0.25, -0.2) is 0 Å². The average molecular weight is 214 g/mol. The molecule has 0 aromatic heterocycles. The lowest BCUT2D eigenvalue weighted by molar-refractivity contribution is -0.120. The molecule has 3 heteroatoms. The summed E-state index contributed by atoms with van der Waals surface area (Å²) in [6.07, 6.45) is 4.93. The Balaban J connectivity index is 3.44. The molecule has 0 aliphatic heterocycles. The normalized spacial score (nSPS) is 12.9. The fourth-order valence-electron chi connectivity index (χ4n) is 1.44. The molecule has 0 radical (unpaired) electrons. The molecule has 0 bridgehead atoms. The zero-order valence-electron chi connectivity index (χ0n) is 10.6. The van der Waals surface area contributed by atoms with E-state index in [0.29, 0.717) is 12.6 Å². The van der Waals surface area contributed by atoms with Crippen molar-refractivity contribution in [1.29, 1.82) is 0 Å². The monoisotopic (exact) mass is 214 g/mol. The lowest BCUT2D eigenvalue weighted by atomic mass is 10.1. The van der Waals surface area contributed by atoms with Gasteiger partial charge >= 0.3 is 0 Å². The summed E-state index contributed by atoms with van der Waals surface area (Å²) in [4.78, 5) is 11.3. The molecule has 1 amide bonds. The molecule has 3 nitrogen and oxygen atoms in total. The molecule has 1 unspecified atom stereocenters. The Hall–Kier alpha value is -0.570. The van der Waals surface area contributed by atoms with Gasteiger partial charge in [0.15, 0.2) is 0 Å². The van der Waals surface area contributed by atoms with Gasteiger partial charge in [-0.1, -0.05) is 26.2 Å². The molecule has 0 saturated carbocycles. The summed E-state index contributed by atoms with van der Waals surface area (Å²) >= 11 is 0. The maximum Gasteiger partial charge on any atom is 0.234 e. The third kappa shape index (κ3) is 9.73. The summed E-state index contributed by atoms with van der Waals surface area (Å²) in [6, 6.07) is 0.671. The van der Waals surface area contributed by atoms with Crippen LogP contribution < -0.4 is 10.6 Å². The highest BCUT2D eigenvalue weighted by Crippen LogP contribution is 2.02. The van der Waals surface area contributed by atoms with E-state index in [9.17, 15) is 4.79 Å². The minimum atomic E-state index is 0.0901. The molecule has 15 heavy (non-hydrogen) atoms. The van der Waals surface area contributed by atoms with Crippen molar-refractivity contribution >= 4 is 5.91 Å². The first-order chi connectivity index (χ1) is 7.06. The predicted octanol–water partition coefficient (Wildman–Crippen LogP) is 2.07. The van der Waals surface area contributed by atoms with E-state index in [1.165, 1.54) is 19.3 Å². The van der Waals surface area contributed by atoms with Crippen LogP contribution in [-0.4, -0.2) is 24.5 Å². The number of rotatable bonds is 8. The number of hydrogen-bond acceptors (Lipinski definition) is 2. The van der Waals surface area contributed by atoms with Gasteiger partial charge in [0, 0.05) is 12.1 Å². The van der Waals surface area contributed by atoms with Crippen molar-refractivity contribution < 1.29 is 4.79 Å². The fourth-order valence-corrected chi connectivity index (χ4v) is 1.44. The largest absolute Gasteiger partial charge is 0.353 e. The van der Waals surface area contributed by atoms with Crippen LogP contribution in [0.1, 0.15) is 53.4 Å². The van der Waals surface area contributed by atoms with E-state index in [1.54, 1.807) is 0 Å². The van der Waals surface area contributed by atoms with E-state index in [-0.39, 0.29) is 11.9 Å². The molecule has 0 aliphatic carbocycles. The Bertz CT molecular complexity index is 169. The first-order valence-corrected chi connectivity index (χ1v) is 6.09. The quantitative estimate of drug-likeness (QED) is 0.607. The van der Waals surface area contributed by atoms with Gasteiger partial charge in [-0.2, -0.15) is 0 Å². The molecule has 0 heterocycles. The lowest BCUT2D eigenvalue weighted by Gasteiger charge is -2.14. The maximum atomic E-state index is 11.3. The standard InChI is InChI=1S/C12H26N2O/c1-5-6-7-8-11(4)13-9-12(15)14-10(2)3/h10-11,13H,5-9H2,1-4H3,(H,14,15). The van der Waals surface area contributed by atoms with E-state index in [4.69, 9.17) is 0 Å². The van der Waals surface area contributed by atoms with Crippen LogP contribution in [0.2, 0.25) is 0 Å². The van der Waals surface area contributed by atoms with Gasteiger partial charge in [0.05, 0.1) is 6.54 Å². The molecular weight excluding hydrogens is 188 g/mol. The van der Waals surface area contributed by atoms with Crippen LogP contribution in [0.25, 0.3) is 0 Å². The van der Waals surface area contributed by atoms with Crippen LogP contribution in [0.4, 0.5) is 0 Å². The molecular formula is C12H26N2O. The molecule has 0 rings (SSSR count). The van der Waals surface area contributed by atoms with Crippen LogP contribution in [0, 0.1) is 0 Å². The van der Waals surface area contributed by atoms with Crippen molar-refractivity contribution in [1.82, 2.24) is 10.6 Å². The highest BCUT2D eigenvalue weighted by molar-refractivity contribution is 5.78. The molecule has 0 saturated heterocycles. The highest BCUT2D eigenvalue weighted by Gasteiger charge is 2.05. The van der Waals surface area contributed by atoms with Gasteiger partial charge in [0.1, 0.15) is 0 Å². The Morgan fingerprint density at radius 2 is 1.87 bits per heavy atom. The summed E-state index contributed by atoms with van der Waals surface area (Å²) < 4.78 is 0. The summed E-state index contributed by atoms with van der Waals surface area (Å²) in [5, 5.41) is 6.10. The maximum absolute atomic E-state index is 11.3. The van der Waals surface area contributed by atoms with Crippen molar-refractivity contribution in [2.75, 3.05) is 6.54 Å². The van der Waals surface area contributed by atoms with Crippen molar-refractivity contribution in [3.63, 3.8) is 0 Å². The molecule has 1 atom stereocenters. The number of nitrogens with one attached hydrogen (secondary N) is 2. The van der Waals surface area contributed by atoms with Crippen molar-refractivity contribution in [3.05, 3.63) is 0 Å². The second kappa shape index (κ2) is 8.72. The van der Waals surface area contributed by atoms with Crippen molar-refractivity contribution in [2.45, 2.75) is 65.5 Å². The molecule has 0 aromatic rings. The van der Waals surface area contributed by atoms with Crippen LogP contribution in [0.5, 0.6) is 0 Å². The second-order valence-corrected chi connectivity index (χ2v) is 4.50. The third-order valence-corrected chi connectivity index (χ3v) is 2.30. The Labute approximate surface area is 94.0 Å². The number of hydrogen-bond donors (Lipinski definition) is 2. The molecule has 0 spiro atoms. The highest BCUT2D eigenvalue weighted by atomic mass is 16.1. The van der Waals surface area contributed by atoms with E-state index >= 15 is 0 Å². The first-order valence-electron chi connectivity index (χ1n) is 6.09. The van der Waals surface area contributed by atoms with E-state index in [2.05, 4.69) is 24.5 Å². The van der Waals surface area contributed by atoms with Crippen LogP contribution in [0.3, 0.4) is 0 Å². The molecule has 0 aromatic carbocycles. The van der Waals surface area contributed by atoms with Crippen LogP contribution in [-0.2, 0) is 4.79 Å². The third-order valence-electron chi connectivity index (χ3n) is 2.30. The van der Waals surface area contributed by atoms with Crippen LogP contribution in [0.15, 0.2) is 0 Å². The SMILES string of the molecule is CCCCCC(C)NCC(=O)NC(C)C. The Morgan fingerprint density at radius 3 is 2.40 bits per heavy atom. The summed E-state index contributed by atoms with van der Waals surface area (Å²) in [5.74, 6) is 0.0901. The zero-order chi connectivity index (χ0) is 11.7. The minimum Gasteiger partial charge on any atom is -0.353 e. The average Bonchev–Trinajstić information content (AvgIpc) is 2.14. The van der Waals surface area contributed by atoms with E-state index in [1.807, 2.05) is 13.8 Å². The summed E-state index contributed by atoms with van der Waals surface area (Å²) in [7, 11) is 0. The number of carbonyl (C=O) groups is 1. The van der Waals surface area contributed by atoms with Gasteiger partial charge in [0.2, 0.25) is 5.91 Å². The zero-order valence-corrected chi connectivity index (χ0v) is 10.6.